The van der Waals surface area contributed by atoms with Crippen LogP contribution in [-0.2, 0) is 43.9 Å². The molecule has 2 aliphatic heterocycles. The molecule has 1 saturated carbocycles. The molecule has 0 bridgehead atoms. The summed E-state index contributed by atoms with van der Waals surface area (Å²) in [4.78, 5) is 5.34. The lowest BCUT2D eigenvalue weighted by molar-refractivity contribution is -0.143. The summed E-state index contributed by atoms with van der Waals surface area (Å²) in [6, 6.07) is 6.10. The lowest BCUT2D eigenvalue weighted by Gasteiger charge is -2.31. The van der Waals surface area contributed by atoms with Crippen LogP contribution >= 0.6 is 0 Å². The second-order valence-corrected chi connectivity index (χ2v) is 12.0. The number of nitrogens with zero attached hydrogens (tertiary/aromatic N) is 6. The van der Waals surface area contributed by atoms with Crippen molar-refractivity contribution >= 4 is 11.6 Å². The number of halogens is 6. The average molecular weight is 609 g/mol. The molecule has 2 aromatic carbocycles. The number of rotatable bonds is 7. The van der Waals surface area contributed by atoms with E-state index in [1.807, 2.05) is 0 Å². The molecule has 1 aromatic heterocycles. The van der Waals surface area contributed by atoms with Crippen LogP contribution in [0.3, 0.4) is 0 Å². The maximum Gasteiger partial charge on any atom is 0.416 e. The van der Waals surface area contributed by atoms with E-state index in [4.69, 9.17) is 4.74 Å². The molecule has 0 amide bonds. The van der Waals surface area contributed by atoms with Crippen molar-refractivity contribution in [3.8, 4) is 0 Å². The van der Waals surface area contributed by atoms with E-state index in [2.05, 4.69) is 32.4 Å². The van der Waals surface area contributed by atoms with Gasteiger partial charge in [0.25, 0.3) is 5.95 Å². The highest BCUT2D eigenvalue weighted by molar-refractivity contribution is 5.61. The topological polar surface area (TPSA) is 59.3 Å². The first kappa shape index (κ1) is 29.7. The number of anilines is 2. The third-order valence-electron chi connectivity index (χ3n) is 8.82. The third-order valence-corrected chi connectivity index (χ3v) is 8.82. The SMILES string of the molecule is Cn1nnc(N(Cc2cc(C(F)(F)F)cc(C(F)(F)F)c2)C[C@H]2CCCN(CC3CCCC3)c3cc4c(cc32)COC4)n1. The molecule has 1 fully saturated rings. The number of tetrazole rings is 1. The molecular formula is C30H34F6N6O. The smallest absolute Gasteiger partial charge is 0.372 e. The van der Waals surface area contributed by atoms with Gasteiger partial charge in [-0.2, -0.15) is 31.1 Å². The minimum atomic E-state index is -4.93. The molecule has 3 heterocycles. The highest BCUT2D eigenvalue weighted by atomic mass is 19.4. The van der Waals surface area contributed by atoms with Crippen LogP contribution in [0.25, 0.3) is 0 Å². The second-order valence-electron chi connectivity index (χ2n) is 12.0. The monoisotopic (exact) mass is 608 g/mol. The quantitative estimate of drug-likeness (QED) is 0.273. The zero-order chi connectivity index (χ0) is 30.4. The molecule has 1 atom stereocenters. The van der Waals surface area contributed by atoms with Gasteiger partial charge in [0.2, 0.25) is 0 Å². The first-order chi connectivity index (χ1) is 20.4. The van der Waals surface area contributed by atoms with Gasteiger partial charge in [0.05, 0.1) is 31.4 Å². The summed E-state index contributed by atoms with van der Waals surface area (Å²) in [5, 5.41) is 12.3. The molecule has 232 valence electrons. The number of benzene rings is 2. The third kappa shape index (κ3) is 6.61. The summed E-state index contributed by atoms with van der Waals surface area (Å²) in [7, 11) is 1.56. The Morgan fingerprint density at radius 2 is 1.56 bits per heavy atom. The Balaban J connectivity index is 1.36. The summed E-state index contributed by atoms with van der Waals surface area (Å²) >= 11 is 0. The molecule has 1 aliphatic carbocycles. The number of hydrogen-bond acceptors (Lipinski definition) is 6. The highest BCUT2D eigenvalue weighted by Gasteiger charge is 2.37. The fourth-order valence-corrected chi connectivity index (χ4v) is 6.74. The standard InChI is InChI=1S/C30H34F6N6O/c1-40-38-28(37-39-40)42(15-20-9-24(29(31,32)33)13-25(10-20)30(34,35)36)16-21-7-4-8-41(14-19-5-2-3-6-19)27-12-23-18-43-17-22(23)11-26(21)27/h9-13,19,21H,2-8,14-18H2,1H3/t21-/m1/s1. The van der Waals surface area contributed by atoms with Crippen LogP contribution in [-0.4, -0.2) is 39.8 Å². The van der Waals surface area contributed by atoms with Crippen LogP contribution in [0.4, 0.5) is 38.0 Å². The first-order valence-electron chi connectivity index (χ1n) is 14.7. The summed E-state index contributed by atoms with van der Waals surface area (Å²) < 4.78 is 87.6. The van der Waals surface area contributed by atoms with E-state index >= 15 is 0 Å². The van der Waals surface area contributed by atoms with E-state index < -0.39 is 23.5 Å². The maximum absolute atomic E-state index is 13.6. The van der Waals surface area contributed by atoms with Gasteiger partial charge in [-0.1, -0.05) is 24.0 Å². The Hall–Kier alpha value is -3.35. The van der Waals surface area contributed by atoms with Gasteiger partial charge < -0.3 is 14.5 Å². The maximum atomic E-state index is 13.6. The zero-order valence-electron chi connectivity index (χ0n) is 23.9. The van der Waals surface area contributed by atoms with Crippen LogP contribution in [0.1, 0.15) is 77.8 Å². The Morgan fingerprint density at radius 3 is 2.19 bits per heavy atom. The van der Waals surface area contributed by atoms with Crippen molar-refractivity contribution in [2.75, 3.05) is 29.4 Å². The van der Waals surface area contributed by atoms with Gasteiger partial charge in [0, 0.05) is 37.8 Å². The molecular weight excluding hydrogens is 574 g/mol. The number of alkyl halides is 6. The van der Waals surface area contributed by atoms with Crippen molar-refractivity contribution in [3.05, 3.63) is 63.7 Å². The van der Waals surface area contributed by atoms with Gasteiger partial charge in [-0.05, 0) is 83.3 Å². The van der Waals surface area contributed by atoms with Crippen LogP contribution < -0.4 is 9.80 Å². The van der Waals surface area contributed by atoms with Crippen molar-refractivity contribution in [2.45, 2.75) is 76.6 Å². The highest BCUT2D eigenvalue weighted by Crippen LogP contribution is 2.41. The van der Waals surface area contributed by atoms with Crippen molar-refractivity contribution in [1.82, 2.24) is 20.2 Å². The van der Waals surface area contributed by atoms with E-state index in [0.717, 1.165) is 60.4 Å². The molecule has 0 spiro atoms. The van der Waals surface area contributed by atoms with Gasteiger partial charge >= 0.3 is 12.4 Å². The Kier molecular flexibility index (Phi) is 8.03. The van der Waals surface area contributed by atoms with Crippen molar-refractivity contribution < 1.29 is 31.1 Å². The van der Waals surface area contributed by atoms with E-state index in [0.29, 0.717) is 25.7 Å². The molecule has 0 N–H and O–H groups in total. The van der Waals surface area contributed by atoms with E-state index in [-0.39, 0.29) is 30.0 Å². The largest absolute Gasteiger partial charge is 0.416 e. The fraction of sp³-hybridized carbons (Fsp3) is 0.567. The van der Waals surface area contributed by atoms with Gasteiger partial charge in [-0.25, -0.2) is 0 Å². The molecule has 3 aliphatic rings. The summed E-state index contributed by atoms with van der Waals surface area (Å²) in [5.41, 5.74) is 1.71. The number of aryl methyl sites for hydroxylation is 1. The number of fused-ring (bicyclic) bond motifs is 2. The van der Waals surface area contributed by atoms with Crippen LogP contribution in [0, 0.1) is 5.92 Å². The summed E-state index contributed by atoms with van der Waals surface area (Å²) in [5.74, 6) is 0.718. The predicted molar refractivity (Wildman–Crippen MR) is 147 cm³/mol. The molecule has 0 radical (unpaired) electrons. The Morgan fingerprint density at radius 1 is 0.884 bits per heavy atom. The van der Waals surface area contributed by atoms with E-state index in [1.54, 1.807) is 11.9 Å². The minimum Gasteiger partial charge on any atom is -0.372 e. The molecule has 0 saturated heterocycles. The molecule has 43 heavy (non-hydrogen) atoms. The van der Waals surface area contributed by atoms with Crippen molar-refractivity contribution in [3.63, 3.8) is 0 Å². The van der Waals surface area contributed by atoms with E-state index in [9.17, 15) is 26.3 Å². The Labute approximate surface area is 245 Å². The van der Waals surface area contributed by atoms with Gasteiger partial charge in [-0.3, -0.25) is 0 Å². The first-order valence-corrected chi connectivity index (χ1v) is 14.7. The lowest BCUT2D eigenvalue weighted by Crippen LogP contribution is -2.31. The van der Waals surface area contributed by atoms with Crippen LogP contribution in [0.15, 0.2) is 30.3 Å². The van der Waals surface area contributed by atoms with Crippen LogP contribution in [0.5, 0.6) is 0 Å². The molecule has 13 heteroatoms. The normalized spacial score (nSPS) is 19.4. The molecule has 0 unspecified atom stereocenters. The minimum absolute atomic E-state index is 0.0637. The number of aromatic nitrogens is 4. The predicted octanol–water partition coefficient (Wildman–Crippen LogP) is 6.86. The molecule has 3 aromatic rings. The van der Waals surface area contributed by atoms with E-state index in [1.165, 1.54) is 30.5 Å². The summed E-state index contributed by atoms with van der Waals surface area (Å²) in [6.45, 7) is 2.97. The van der Waals surface area contributed by atoms with Gasteiger partial charge in [0.1, 0.15) is 0 Å². The second kappa shape index (κ2) is 11.6. The van der Waals surface area contributed by atoms with Crippen molar-refractivity contribution in [1.29, 1.82) is 0 Å². The zero-order valence-corrected chi connectivity index (χ0v) is 23.9. The van der Waals surface area contributed by atoms with Gasteiger partial charge in [-0.15, -0.1) is 5.10 Å². The number of ether oxygens (including phenoxy) is 1. The molecule has 7 nitrogen and oxygen atoms in total. The van der Waals surface area contributed by atoms with Crippen LogP contribution in [0.2, 0.25) is 0 Å². The van der Waals surface area contributed by atoms with Crippen molar-refractivity contribution in [2.24, 2.45) is 13.0 Å². The average Bonchev–Trinajstić information content (AvgIpc) is 3.70. The van der Waals surface area contributed by atoms with Gasteiger partial charge in [0.15, 0.2) is 0 Å². The lowest BCUT2D eigenvalue weighted by atomic mass is 9.90. The molecule has 6 rings (SSSR count). The number of hydrogen-bond donors (Lipinski definition) is 0. The Bertz CT molecular complexity index is 1420. The summed E-state index contributed by atoms with van der Waals surface area (Å²) in [6.07, 6.45) is -3.25. The fourth-order valence-electron chi connectivity index (χ4n) is 6.74.